The van der Waals surface area contributed by atoms with E-state index in [1.165, 1.54) is 18.2 Å². The number of hydrogen-bond donors (Lipinski definition) is 1. The number of hydrogen-bond acceptors (Lipinski definition) is 3. The van der Waals surface area contributed by atoms with Gasteiger partial charge in [0.2, 0.25) is 0 Å². The molecule has 0 bridgehead atoms. The SMILES string of the molecule is C[C@H](O)c1ccc(Br)cc1OCc1cc(C#N)ccc1F. The van der Waals surface area contributed by atoms with Crippen molar-refractivity contribution in [3.63, 3.8) is 0 Å². The second-order valence-corrected chi connectivity index (χ2v) is 5.48. The topological polar surface area (TPSA) is 53.2 Å². The van der Waals surface area contributed by atoms with Crippen molar-refractivity contribution < 1.29 is 14.2 Å². The van der Waals surface area contributed by atoms with E-state index in [9.17, 15) is 9.50 Å². The zero-order valence-electron chi connectivity index (χ0n) is 11.3. The third-order valence-electron chi connectivity index (χ3n) is 2.98. The number of benzene rings is 2. The third kappa shape index (κ3) is 3.81. The number of halogens is 2. The molecule has 0 saturated carbocycles. The van der Waals surface area contributed by atoms with Crippen LogP contribution in [0.15, 0.2) is 40.9 Å². The van der Waals surface area contributed by atoms with Gasteiger partial charge in [-0.3, -0.25) is 0 Å². The van der Waals surface area contributed by atoms with E-state index in [0.29, 0.717) is 22.4 Å². The summed E-state index contributed by atoms with van der Waals surface area (Å²) in [5, 5.41) is 18.6. The number of aliphatic hydroxyl groups is 1. The Morgan fingerprint density at radius 2 is 2.10 bits per heavy atom. The van der Waals surface area contributed by atoms with Crippen molar-refractivity contribution >= 4 is 15.9 Å². The van der Waals surface area contributed by atoms with Crippen LogP contribution in [0, 0.1) is 17.1 Å². The van der Waals surface area contributed by atoms with Crippen LogP contribution in [-0.4, -0.2) is 5.11 Å². The monoisotopic (exact) mass is 349 g/mol. The smallest absolute Gasteiger partial charge is 0.129 e. The molecule has 0 aliphatic carbocycles. The summed E-state index contributed by atoms with van der Waals surface area (Å²) in [5.41, 5.74) is 1.29. The van der Waals surface area contributed by atoms with Gasteiger partial charge < -0.3 is 9.84 Å². The molecule has 5 heteroatoms. The fourth-order valence-corrected chi connectivity index (χ4v) is 2.23. The average Bonchev–Trinajstić information content (AvgIpc) is 2.46. The highest BCUT2D eigenvalue weighted by atomic mass is 79.9. The van der Waals surface area contributed by atoms with Crippen LogP contribution in [0.4, 0.5) is 4.39 Å². The van der Waals surface area contributed by atoms with Crippen LogP contribution in [0.2, 0.25) is 0 Å². The van der Waals surface area contributed by atoms with Crippen molar-refractivity contribution in [1.29, 1.82) is 5.26 Å². The van der Waals surface area contributed by atoms with Gasteiger partial charge in [0.05, 0.1) is 17.7 Å². The van der Waals surface area contributed by atoms with Crippen LogP contribution in [-0.2, 0) is 6.61 Å². The Morgan fingerprint density at radius 1 is 1.33 bits per heavy atom. The summed E-state index contributed by atoms with van der Waals surface area (Å²) in [7, 11) is 0. The Kier molecular flexibility index (Phi) is 4.94. The highest BCUT2D eigenvalue weighted by Crippen LogP contribution is 2.29. The molecule has 0 aliphatic rings. The molecule has 0 fully saturated rings. The van der Waals surface area contributed by atoms with E-state index >= 15 is 0 Å². The Labute approximate surface area is 130 Å². The van der Waals surface area contributed by atoms with Crippen LogP contribution in [0.3, 0.4) is 0 Å². The van der Waals surface area contributed by atoms with E-state index in [1.807, 2.05) is 6.07 Å². The third-order valence-corrected chi connectivity index (χ3v) is 3.48. The van der Waals surface area contributed by atoms with Crippen LogP contribution in [0.1, 0.15) is 29.7 Å². The Balaban J connectivity index is 2.24. The van der Waals surface area contributed by atoms with E-state index in [2.05, 4.69) is 15.9 Å². The predicted octanol–water partition coefficient (Wildman–Crippen LogP) is 4.09. The minimum atomic E-state index is -0.691. The maximum Gasteiger partial charge on any atom is 0.129 e. The average molecular weight is 350 g/mol. The van der Waals surface area contributed by atoms with Crippen molar-refractivity contribution in [3.8, 4) is 11.8 Å². The molecule has 0 aliphatic heterocycles. The van der Waals surface area contributed by atoms with Gasteiger partial charge in [-0.2, -0.15) is 5.26 Å². The van der Waals surface area contributed by atoms with Gasteiger partial charge in [0.15, 0.2) is 0 Å². The van der Waals surface area contributed by atoms with Crippen LogP contribution < -0.4 is 4.74 Å². The lowest BCUT2D eigenvalue weighted by Gasteiger charge is -2.14. The van der Waals surface area contributed by atoms with Gasteiger partial charge in [0.25, 0.3) is 0 Å². The summed E-state index contributed by atoms with van der Waals surface area (Å²) in [6, 6.07) is 11.3. The van der Waals surface area contributed by atoms with Gasteiger partial charge >= 0.3 is 0 Å². The number of ether oxygens (including phenoxy) is 1. The molecule has 1 atom stereocenters. The molecule has 2 rings (SSSR count). The highest BCUT2D eigenvalue weighted by Gasteiger charge is 2.11. The predicted molar refractivity (Wildman–Crippen MR) is 80.2 cm³/mol. The van der Waals surface area contributed by atoms with E-state index in [1.54, 1.807) is 25.1 Å². The summed E-state index contributed by atoms with van der Waals surface area (Å²) in [5.74, 6) is 0.0451. The van der Waals surface area contributed by atoms with E-state index in [0.717, 1.165) is 4.47 Å². The molecule has 2 aromatic rings. The first kappa shape index (κ1) is 15.5. The number of nitrogens with zero attached hydrogens (tertiary/aromatic N) is 1. The van der Waals surface area contributed by atoms with Gasteiger partial charge in [-0.25, -0.2) is 4.39 Å². The minimum Gasteiger partial charge on any atom is -0.488 e. The Hall–Kier alpha value is -1.90. The lowest BCUT2D eigenvalue weighted by molar-refractivity contribution is 0.190. The molecule has 0 saturated heterocycles. The standard InChI is InChI=1S/C16H13BrFNO2/c1-10(20)14-4-3-13(17)7-16(14)21-9-12-6-11(8-19)2-5-15(12)18/h2-7,10,20H,9H2,1H3/t10-/m0/s1. The molecular formula is C16H13BrFNO2. The van der Waals surface area contributed by atoms with Crippen LogP contribution in [0.5, 0.6) is 5.75 Å². The maximum atomic E-state index is 13.7. The van der Waals surface area contributed by atoms with Crippen LogP contribution >= 0.6 is 15.9 Å². The number of nitriles is 1. The lowest BCUT2D eigenvalue weighted by Crippen LogP contribution is -2.03. The van der Waals surface area contributed by atoms with Gasteiger partial charge in [-0.1, -0.05) is 22.0 Å². The molecule has 0 unspecified atom stereocenters. The highest BCUT2D eigenvalue weighted by molar-refractivity contribution is 9.10. The van der Waals surface area contributed by atoms with Gasteiger partial charge in [0, 0.05) is 15.6 Å². The zero-order valence-corrected chi connectivity index (χ0v) is 12.9. The Morgan fingerprint density at radius 3 is 2.76 bits per heavy atom. The zero-order chi connectivity index (χ0) is 15.4. The molecule has 2 aromatic carbocycles. The second kappa shape index (κ2) is 6.70. The molecule has 0 spiro atoms. The summed E-state index contributed by atoms with van der Waals surface area (Å²) < 4.78 is 20.1. The summed E-state index contributed by atoms with van der Waals surface area (Å²) >= 11 is 3.33. The van der Waals surface area contributed by atoms with E-state index in [4.69, 9.17) is 10.00 Å². The number of rotatable bonds is 4. The minimum absolute atomic E-state index is 0.0163. The first-order chi connectivity index (χ1) is 10.0. The van der Waals surface area contributed by atoms with E-state index < -0.39 is 11.9 Å². The first-order valence-electron chi connectivity index (χ1n) is 6.30. The molecule has 1 N–H and O–H groups in total. The largest absolute Gasteiger partial charge is 0.488 e. The summed E-state index contributed by atoms with van der Waals surface area (Å²) in [4.78, 5) is 0. The first-order valence-corrected chi connectivity index (χ1v) is 7.09. The molecule has 0 radical (unpaired) electrons. The normalized spacial score (nSPS) is 11.8. The Bertz CT molecular complexity index is 695. The van der Waals surface area contributed by atoms with Gasteiger partial charge in [-0.15, -0.1) is 0 Å². The van der Waals surface area contributed by atoms with Gasteiger partial charge in [-0.05, 0) is 37.3 Å². The van der Waals surface area contributed by atoms with Crippen molar-refractivity contribution in [3.05, 3.63) is 63.4 Å². The molecule has 0 amide bonds. The molecule has 0 heterocycles. The molecule has 21 heavy (non-hydrogen) atoms. The fourth-order valence-electron chi connectivity index (χ4n) is 1.89. The van der Waals surface area contributed by atoms with E-state index in [-0.39, 0.29) is 6.61 Å². The van der Waals surface area contributed by atoms with Gasteiger partial charge in [0.1, 0.15) is 18.2 Å². The summed E-state index contributed by atoms with van der Waals surface area (Å²) in [6.07, 6.45) is -0.691. The second-order valence-electron chi connectivity index (χ2n) is 4.56. The quantitative estimate of drug-likeness (QED) is 0.904. The van der Waals surface area contributed by atoms with Crippen molar-refractivity contribution in [2.75, 3.05) is 0 Å². The van der Waals surface area contributed by atoms with Crippen molar-refractivity contribution in [1.82, 2.24) is 0 Å². The fraction of sp³-hybridized carbons (Fsp3) is 0.188. The molecule has 3 nitrogen and oxygen atoms in total. The summed E-state index contributed by atoms with van der Waals surface area (Å²) in [6.45, 7) is 1.62. The van der Waals surface area contributed by atoms with Crippen LogP contribution in [0.25, 0.3) is 0 Å². The molecule has 108 valence electrons. The van der Waals surface area contributed by atoms with Crippen molar-refractivity contribution in [2.45, 2.75) is 19.6 Å². The molecule has 0 aromatic heterocycles. The number of aliphatic hydroxyl groups excluding tert-OH is 1. The lowest BCUT2D eigenvalue weighted by atomic mass is 10.1. The maximum absolute atomic E-state index is 13.7. The van der Waals surface area contributed by atoms with Crippen molar-refractivity contribution in [2.24, 2.45) is 0 Å². The molecular weight excluding hydrogens is 337 g/mol.